The Balaban J connectivity index is 2.64. The van der Waals surface area contributed by atoms with Crippen LogP contribution in [0.25, 0.3) is 11.8 Å². The SMILES string of the molecule is C=C1NC=Cc2cc(C(C)(C)C=O)cc(N)c21. The average Bonchev–Trinajstić information content (AvgIpc) is 2.28. The van der Waals surface area contributed by atoms with Crippen LogP contribution in [-0.4, -0.2) is 6.29 Å². The lowest BCUT2D eigenvalue weighted by Gasteiger charge is -2.23. The van der Waals surface area contributed by atoms with Gasteiger partial charge in [-0.15, -0.1) is 0 Å². The number of nitrogens with two attached hydrogens (primary N) is 1. The van der Waals surface area contributed by atoms with Gasteiger partial charge in [-0.05, 0) is 43.2 Å². The van der Waals surface area contributed by atoms with E-state index in [1.807, 2.05) is 38.3 Å². The van der Waals surface area contributed by atoms with Gasteiger partial charge in [-0.1, -0.05) is 6.58 Å². The molecule has 1 aromatic rings. The zero-order valence-electron chi connectivity index (χ0n) is 10.1. The highest BCUT2D eigenvalue weighted by Gasteiger charge is 2.23. The summed E-state index contributed by atoms with van der Waals surface area (Å²) in [5.74, 6) is 0. The van der Waals surface area contributed by atoms with Gasteiger partial charge in [0.25, 0.3) is 0 Å². The maximum absolute atomic E-state index is 11.1. The molecule has 0 bridgehead atoms. The van der Waals surface area contributed by atoms with Crippen molar-refractivity contribution in [3.8, 4) is 0 Å². The Hall–Kier alpha value is -2.03. The van der Waals surface area contributed by atoms with Gasteiger partial charge in [0.1, 0.15) is 6.29 Å². The summed E-state index contributed by atoms with van der Waals surface area (Å²) < 4.78 is 0. The Bertz CT molecular complexity index is 527. The first-order valence-corrected chi connectivity index (χ1v) is 5.48. The van der Waals surface area contributed by atoms with E-state index in [0.29, 0.717) is 5.69 Å². The number of carbonyl (C=O) groups is 1. The molecule has 0 unspecified atom stereocenters. The van der Waals surface area contributed by atoms with Crippen LogP contribution in [0.3, 0.4) is 0 Å². The summed E-state index contributed by atoms with van der Waals surface area (Å²) in [6, 6.07) is 3.84. The first-order valence-electron chi connectivity index (χ1n) is 5.48. The minimum absolute atomic E-state index is 0.525. The van der Waals surface area contributed by atoms with E-state index in [4.69, 9.17) is 5.73 Å². The van der Waals surface area contributed by atoms with E-state index in [1.54, 1.807) is 0 Å². The number of fused-ring (bicyclic) bond motifs is 1. The quantitative estimate of drug-likeness (QED) is 0.603. The van der Waals surface area contributed by atoms with Crippen LogP contribution in [-0.2, 0) is 10.2 Å². The van der Waals surface area contributed by atoms with Crippen LogP contribution in [0.5, 0.6) is 0 Å². The lowest BCUT2D eigenvalue weighted by molar-refractivity contribution is -0.111. The zero-order valence-corrected chi connectivity index (χ0v) is 10.1. The first-order chi connectivity index (χ1) is 7.95. The van der Waals surface area contributed by atoms with Crippen molar-refractivity contribution in [1.82, 2.24) is 5.32 Å². The van der Waals surface area contributed by atoms with E-state index in [9.17, 15) is 4.79 Å². The third-order valence-electron chi connectivity index (χ3n) is 3.06. The van der Waals surface area contributed by atoms with Crippen LogP contribution in [0.1, 0.15) is 30.5 Å². The normalized spacial score (nSPS) is 14.1. The molecule has 1 aromatic carbocycles. The number of benzene rings is 1. The zero-order chi connectivity index (χ0) is 12.6. The molecule has 0 aromatic heterocycles. The topological polar surface area (TPSA) is 55.1 Å². The molecule has 2 rings (SSSR count). The lowest BCUT2D eigenvalue weighted by Crippen LogP contribution is -2.20. The fourth-order valence-corrected chi connectivity index (χ4v) is 1.91. The van der Waals surface area contributed by atoms with E-state index in [-0.39, 0.29) is 0 Å². The highest BCUT2D eigenvalue weighted by molar-refractivity contribution is 5.85. The predicted molar refractivity (Wildman–Crippen MR) is 71.1 cm³/mol. The van der Waals surface area contributed by atoms with Gasteiger partial charge in [0.2, 0.25) is 0 Å². The van der Waals surface area contributed by atoms with Gasteiger partial charge < -0.3 is 15.8 Å². The lowest BCUT2D eigenvalue weighted by atomic mass is 9.83. The average molecular weight is 228 g/mol. The van der Waals surface area contributed by atoms with Gasteiger partial charge in [0, 0.05) is 28.6 Å². The number of hydrogen-bond donors (Lipinski definition) is 2. The molecule has 0 spiro atoms. The summed E-state index contributed by atoms with van der Waals surface area (Å²) in [7, 11) is 0. The molecule has 0 atom stereocenters. The maximum atomic E-state index is 11.1. The molecule has 1 heterocycles. The van der Waals surface area contributed by atoms with E-state index in [0.717, 1.165) is 28.7 Å². The van der Waals surface area contributed by atoms with Gasteiger partial charge in [0.15, 0.2) is 0 Å². The predicted octanol–water partition coefficient (Wildman–Crippen LogP) is 2.29. The Morgan fingerprint density at radius 3 is 2.76 bits per heavy atom. The largest absolute Gasteiger partial charge is 0.398 e. The van der Waals surface area contributed by atoms with Gasteiger partial charge in [-0.25, -0.2) is 0 Å². The Morgan fingerprint density at radius 2 is 2.12 bits per heavy atom. The maximum Gasteiger partial charge on any atom is 0.129 e. The fraction of sp³-hybridized carbons (Fsp3) is 0.214. The van der Waals surface area contributed by atoms with E-state index in [2.05, 4.69) is 11.9 Å². The summed E-state index contributed by atoms with van der Waals surface area (Å²) in [4.78, 5) is 11.1. The highest BCUT2D eigenvalue weighted by atomic mass is 16.1. The van der Waals surface area contributed by atoms with Crippen LogP contribution in [0.4, 0.5) is 5.69 Å². The molecule has 3 N–H and O–H groups in total. The molecule has 3 heteroatoms. The molecule has 0 fully saturated rings. The minimum atomic E-state index is -0.525. The van der Waals surface area contributed by atoms with Crippen LogP contribution < -0.4 is 11.1 Å². The van der Waals surface area contributed by atoms with Crippen molar-refractivity contribution in [1.29, 1.82) is 0 Å². The molecule has 0 saturated carbocycles. The standard InChI is InChI=1S/C14H16N2O/c1-9-13-10(4-5-16-9)6-11(7-12(13)15)14(2,3)8-17/h4-8,16H,1,15H2,2-3H3. The third kappa shape index (κ3) is 1.84. The van der Waals surface area contributed by atoms with E-state index < -0.39 is 5.41 Å². The van der Waals surface area contributed by atoms with Crippen molar-refractivity contribution >= 4 is 23.7 Å². The van der Waals surface area contributed by atoms with Crippen molar-refractivity contribution in [2.75, 3.05) is 5.73 Å². The molecule has 0 radical (unpaired) electrons. The van der Waals surface area contributed by atoms with Crippen molar-refractivity contribution in [2.45, 2.75) is 19.3 Å². The van der Waals surface area contributed by atoms with Crippen LogP contribution in [0.15, 0.2) is 24.9 Å². The Labute approximate surface area is 101 Å². The van der Waals surface area contributed by atoms with Gasteiger partial charge in [-0.3, -0.25) is 0 Å². The molecule has 1 aliphatic rings. The molecule has 0 aliphatic carbocycles. The fourth-order valence-electron chi connectivity index (χ4n) is 1.91. The first kappa shape index (κ1) is 11.5. The second kappa shape index (κ2) is 3.77. The Morgan fingerprint density at radius 1 is 1.41 bits per heavy atom. The molecule has 88 valence electrons. The third-order valence-corrected chi connectivity index (χ3v) is 3.06. The van der Waals surface area contributed by atoms with Crippen molar-refractivity contribution in [3.05, 3.63) is 41.6 Å². The summed E-state index contributed by atoms with van der Waals surface area (Å²) in [6.45, 7) is 7.67. The van der Waals surface area contributed by atoms with Crippen molar-refractivity contribution in [2.24, 2.45) is 0 Å². The van der Waals surface area contributed by atoms with Crippen molar-refractivity contribution in [3.63, 3.8) is 0 Å². The molecule has 0 saturated heterocycles. The molecule has 0 amide bonds. The second-order valence-corrected chi connectivity index (χ2v) is 4.83. The van der Waals surface area contributed by atoms with E-state index >= 15 is 0 Å². The van der Waals surface area contributed by atoms with E-state index in [1.165, 1.54) is 0 Å². The minimum Gasteiger partial charge on any atom is -0.398 e. The number of anilines is 1. The summed E-state index contributed by atoms with van der Waals surface area (Å²) in [5.41, 5.74) is 9.78. The number of nitrogens with one attached hydrogen (secondary N) is 1. The molecule has 17 heavy (non-hydrogen) atoms. The summed E-state index contributed by atoms with van der Waals surface area (Å²) in [6.07, 6.45) is 4.69. The molecular formula is C14H16N2O. The molecule has 1 aliphatic heterocycles. The number of hydrogen-bond acceptors (Lipinski definition) is 3. The van der Waals surface area contributed by atoms with Crippen LogP contribution in [0, 0.1) is 0 Å². The van der Waals surface area contributed by atoms with Crippen LogP contribution in [0.2, 0.25) is 0 Å². The Kier molecular flexibility index (Phi) is 2.54. The van der Waals surface area contributed by atoms with Crippen LogP contribution >= 0.6 is 0 Å². The van der Waals surface area contributed by atoms with Gasteiger partial charge in [0.05, 0.1) is 0 Å². The molecular weight excluding hydrogens is 212 g/mol. The molecule has 3 nitrogen and oxygen atoms in total. The summed E-state index contributed by atoms with van der Waals surface area (Å²) >= 11 is 0. The number of rotatable bonds is 2. The van der Waals surface area contributed by atoms with Crippen molar-refractivity contribution < 1.29 is 4.79 Å². The number of aldehydes is 1. The summed E-state index contributed by atoms with van der Waals surface area (Å²) in [5, 5.41) is 3.03. The second-order valence-electron chi connectivity index (χ2n) is 4.83. The smallest absolute Gasteiger partial charge is 0.129 e. The number of carbonyl (C=O) groups excluding carboxylic acids is 1. The highest BCUT2D eigenvalue weighted by Crippen LogP contribution is 2.32. The monoisotopic (exact) mass is 228 g/mol. The van der Waals surface area contributed by atoms with Gasteiger partial charge in [-0.2, -0.15) is 0 Å². The van der Waals surface area contributed by atoms with Gasteiger partial charge >= 0.3 is 0 Å². The number of nitrogen functional groups attached to an aromatic ring is 1.